The second-order valence-corrected chi connectivity index (χ2v) is 6.21. The minimum atomic E-state index is -1.48. The molecule has 0 spiro atoms. The first-order valence-electron chi connectivity index (χ1n) is 7.64. The van der Waals surface area contributed by atoms with E-state index in [2.05, 4.69) is 15.3 Å². The van der Waals surface area contributed by atoms with Gasteiger partial charge in [0, 0.05) is 5.69 Å². The Hall–Kier alpha value is -2.31. The van der Waals surface area contributed by atoms with Gasteiger partial charge in [0.2, 0.25) is 0 Å². The average Bonchev–Trinajstić information content (AvgIpc) is 2.82. The van der Waals surface area contributed by atoms with E-state index in [0.29, 0.717) is 0 Å². The summed E-state index contributed by atoms with van der Waals surface area (Å²) < 4.78 is 13.8. The van der Waals surface area contributed by atoms with E-state index in [1.807, 2.05) is 0 Å². The summed E-state index contributed by atoms with van der Waals surface area (Å²) in [6.07, 6.45) is 2.08. The lowest BCUT2D eigenvalue weighted by atomic mass is 9.93. The molecule has 0 radical (unpaired) electrons. The van der Waals surface area contributed by atoms with Gasteiger partial charge in [0.1, 0.15) is 17.4 Å². The molecular weight excluding hydrogens is 301 g/mol. The van der Waals surface area contributed by atoms with Crippen molar-refractivity contribution >= 4 is 17.7 Å². The van der Waals surface area contributed by atoms with E-state index in [4.69, 9.17) is 0 Å². The maximum Gasteiger partial charge on any atom is 0.338 e. The van der Waals surface area contributed by atoms with Gasteiger partial charge in [-0.05, 0) is 51.2 Å². The molecule has 0 bridgehead atoms. The molecule has 23 heavy (non-hydrogen) atoms. The number of carboxylic acid groups (broad SMARTS) is 1. The summed E-state index contributed by atoms with van der Waals surface area (Å²) in [5.41, 5.74) is 0.360. The van der Waals surface area contributed by atoms with Crippen LogP contribution in [-0.4, -0.2) is 39.5 Å². The van der Waals surface area contributed by atoms with Crippen LogP contribution in [0.3, 0.4) is 0 Å². The van der Waals surface area contributed by atoms with Gasteiger partial charge >= 0.3 is 5.97 Å². The van der Waals surface area contributed by atoms with Gasteiger partial charge in [0.05, 0.1) is 5.56 Å². The number of nitrogens with zero attached hydrogens (tertiary/aromatic N) is 2. The molecule has 1 aromatic rings. The summed E-state index contributed by atoms with van der Waals surface area (Å²) >= 11 is 0. The number of hydrogen-bond donors (Lipinski definition) is 2. The summed E-state index contributed by atoms with van der Waals surface area (Å²) in [7, 11) is 0. The predicted octanol–water partition coefficient (Wildman–Crippen LogP) is 1.65. The topological polar surface area (TPSA) is 91.7 Å². The minimum absolute atomic E-state index is 0.0135. The van der Waals surface area contributed by atoms with Crippen LogP contribution in [-0.2, 0) is 17.6 Å². The third-order valence-corrected chi connectivity index (χ3v) is 4.59. The van der Waals surface area contributed by atoms with Crippen molar-refractivity contribution in [3.63, 3.8) is 0 Å². The van der Waals surface area contributed by atoms with Crippen LogP contribution in [0.15, 0.2) is 11.1 Å². The molecule has 0 saturated carbocycles. The Kier molecular flexibility index (Phi) is 3.66. The van der Waals surface area contributed by atoms with Crippen LogP contribution in [0.5, 0.6) is 0 Å². The van der Waals surface area contributed by atoms with Gasteiger partial charge in [0.25, 0.3) is 5.91 Å². The molecule has 0 aromatic carbocycles. The Morgan fingerprint density at radius 3 is 2.74 bits per heavy atom. The minimum Gasteiger partial charge on any atom is -0.478 e. The number of carbonyl (C=O) groups excluding carboxylic acids is 1. The van der Waals surface area contributed by atoms with Gasteiger partial charge < -0.3 is 10.4 Å². The smallest absolute Gasteiger partial charge is 0.338 e. The molecule has 1 amide bonds. The number of carbonyl (C=O) groups is 2. The quantitative estimate of drug-likeness (QED) is 0.884. The van der Waals surface area contributed by atoms with E-state index >= 15 is 0 Å². The number of hydrogen-bond acceptors (Lipinski definition) is 4. The van der Waals surface area contributed by atoms with Crippen molar-refractivity contribution in [2.75, 3.05) is 0 Å². The fourth-order valence-corrected chi connectivity index (χ4v) is 2.90. The number of halogens is 1. The lowest BCUT2D eigenvalue weighted by Gasteiger charge is -2.24. The normalized spacial score (nSPS) is 24.7. The molecule has 3 rings (SSSR count). The van der Waals surface area contributed by atoms with Gasteiger partial charge in [-0.25, -0.2) is 14.2 Å². The summed E-state index contributed by atoms with van der Waals surface area (Å²) in [5, 5.41) is 12.2. The van der Waals surface area contributed by atoms with Gasteiger partial charge in [-0.2, -0.15) is 4.99 Å². The molecule has 2 unspecified atom stereocenters. The molecule has 1 aliphatic heterocycles. The number of amidine groups is 1. The highest BCUT2D eigenvalue weighted by atomic mass is 19.1. The first kappa shape index (κ1) is 15.6. The lowest BCUT2D eigenvalue weighted by molar-refractivity contribution is -0.123. The highest BCUT2D eigenvalue weighted by molar-refractivity contribution is 6.16. The van der Waals surface area contributed by atoms with E-state index < -0.39 is 23.6 Å². The second kappa shape index (κ2) is 5.40. The Morgan fingerprint density at radius 1 is 1.43 bits per heavy atom. The molecule has 2 aliphatic rings. The molecule has 1 aliphatic carbocycles. The van der Waals surface area contributed by atoms with Gasteiger partial charge in [-0.1, -0.05) is 0 Å². The van der Waals surface area contributed by atoms with E-state index in [9.17, 15) is 19.1 Å². The van der Waals surface area contributed by atoms with Crippen molar-refractivity contribution in [2.24, 2.45) is 4.99 Å². The van der Waals surface area contributed by atoms with Crippen LogP contribution in [0, 0.1) is 0 Å². The van der Waals surface area contributed by atoms with Crippen molar-refractivity contribution in [3.8, 4) is 0 Å². The number of amides is 1. The number of fused-ring (bicyclic) bond motifs is 1. The molecule has 122 valence electrons. The van der Waals surface area contributed by atoms with Crippen molar-refractivity contribution in [1.29, 1.82) is 0 Å². The van der Waals surface area contributed by atoms with E-state index in [1.54, 1.807) is 6.07 Å². The highest BCUT2D eigenvalue weighted by Crippen LogP contribution is 2.26. The number of pyridine rings is 1. The SMILES string of the molecule is CC(F)C1(C)NC(c2nc3c(cc2C(=O)O)CCCC3)=NC1=O. The molecule has 0 saturated heterocycles. The van der Waals surface area contributed by atoms with E-state index in [-0.39, 0.29) is 17.1 Å². The standard InChI is InChI=1S/C16H18FN3O3/c1-8(17)16(2)15(23)19-13(20-16)12-10(14(21)22)7-9-5-3-4-6-11(9)18-12/h7-8H,3-6H2,1-2H3,(H,21,22)(H,19,20,23). The molecule has 2 heterocycles. The molecule has 1 aromatic heterocycles. The van der Waals surface area contributed by atoms with Crippen LogP contribution in [0.2, 0.25) is 0 Å². The Labute approximate surface area is 132 Å². The maximum atomic E-state index is 13.8. The number of aromatic nitrogens is 1. The number of nitrogens with one attached hydrogen (secondary N) is 1. The summed E-state index contributed by atoms with van der Waals surface area (Å²) in [4.78, 5) is 31.8. The Balaban J connectivity index is 2.08. The van der Waals surface area contributed by atoms with Crippen molar-refractivity contribution < 1.29 is 19.1 Å². The molecule has 7 heteroatoms. The zero-order valence-corrected chi connectivity index (χ0v) is 13.0. The zero-order valence-electron chi connectivity index (χ0n) is 13.0. The molecule has 2 N–H and O–H groups in total. The predicted molar refractivity (Wildman–Crippen MR) is 81.5 cm³/mol. The summed E-state index contributed by atoms with van der Waals surface area (Å²) in [5.74, 6) is -1.76. The summed E-state index contributed by atoms with van der Waals surface area (Å²) in [6.45, 7) is 2.68. The highest BCUT2D eigenvalue weighted by Gasteiger charge is 2.45. The fourth-order valence-electron chi connectivity index (χ4n) is 2.90. The van der Waals surface area contributed by atoms with E-state index in [0.717, 1.165) is 36.9 Å². The number of rotatable bonds is 3. The Morgan fingerprint density at radius 2 is 2.13 bits per heavy atom. The van der Waals surface area contributed by atoms with Gasteiger partial charge in [-0.3, -0.25) is 4.79 Å². The number of aliphatic imine (C=N–C) groups is 1. The average molecular weight is 319 g/mol. The number of alkyl halides is 1. The molecular formula is C16H18FN3O3. The molecule has 2 atom stereocenters. The van der Waals surface area contributed by atoms with Crippen molar-refractivity contribution in [2.45, 2.75) is 51.2 Å². The number of carboxylic acids is 1. The maximum absolute atomic E-state index is 13.8. The summed E-state index contributed by atoms with van der Waals surface area (Å²) in [6, 6.07) is 1.60. The van der Waals surface area contributed by atoms with Crippen LogP contribution in [0.25, 0.3) is 0 Å². The van der Waals surface area contributed by atoms with Crippen molar-refractivity contribution in [1.82, 2.24) is 10.3 Å². The van der Waals surface area contributed by atoms with Crippen molar-refractivity contribution in [3.05, 3.63) is 28.6 Å². The third kappa shape index (κ3) is 2.50. The zero-order chi connectivity index (χ0) is 16.8. The van der Waals surface area contributed by atoms with E-state index in [1.165, 1.54) is 13.8 Å². The number of aryl methyl sites for hydroxylation is 2. The Bertz CT molecular complexity index is 730. The van der Waals surface area contributed by atoms with Gasteiger partial charge in [-0.15, -0.1) is 0 Å². The first-order valence-corrected chi connectivity index (χ1v) is 7.64. The number of aromatic carboxylic acids is 1. The monoisotopic (exact) mass is 319 g/mol. The largest absolute Gasteiger partial charge is 0.478 e. The lowest BCUT2D eigenvalue weighted by Crippen LogP contribution is -2.52. The van der Waals surface area contributed by atoms with Gasteiger partial charge in [0.15, 0.2) is 5.84 Å². The van der Waals surface area contributed by atoms with Crippen LogP contribution in [0.4, 0.5) is 4.39 Å². The first-order chi connectivity index (χ1) is 10.8. The van der Waals surface area contributed by atoms with Crippen LogP contribution < -0.4 is 5.32 Å². The van der Waals surface area contributed by atoms with Crippen LogP contribution >= 0.6 is 0 Å². The second-order valence-electron chi connectivity index (χ2n) is 6.21. The van der Waals surface area contributed by atoms with Crippen LogP contribution in [0.1, 0.15) is 54.0 Å². The fraction of sp³-hybridized carbons (Fsp3) is 0.500. The molecule has 6 nitrogen and oxygen atoms in total. The molecule has 0 fully saturated rings. The third-order valence-electron chi connectivity index (χ3n) is 4.59.